The van der Waals surface area contributed by atoms with E-state index in [1.807, 2.05) is 41.2 Å². The maximum Gasteiger partial charge on any atom is 0.340 e. The van der Waals surface area contributed by atoms with Crippen LogP contribution < -0.4 is 4.74 Å². The fourth-order valence-electron chi connectivity index (χ4n) is 2.05. The lowest BCUT2D eigenvalue weighted by Gasteiger charge is -2.05. The van der Waals surface area contributed by atoms with Crippen molar-refractivity contribution >= 4 is 5.97 Å². The summed E-state index contributed by atoms with van der Waals surface area (Å²) in [5.74, 6) is 0.465. The predicted octanol–water partition coefficient (Wildman–Crippen LogP) is 3.53. The summed E-state index contributed by atoms with van der Waals surface area (Å²) in [6, 6.07) is 7.91. The molecule has 2 rings (SSSR count). The Labute approximate surface area is 118 Å². The van der Waals surface area contributed by atoms with Crippen LogP contribution in [0.4, 0.5) is 0 Å². The van der Waals surface area contributed by atoms with E-state index >= 15 is 0 Å². The Hall–Kier alpha value is -2.23. The summed E-state index contributed by atoms with van der Waals surface area (Å²) in [7, 11) is 3.02. The molecule has 106 valence electrons. The van der Waals surface area contributed by atoms with Crippen LogP contribution >= 0.6 is 0 Å². The molecule has 4 heteroatoms. The highest BCUT2D eigenvalue weighted by Crippen LogP contribution is 2.28. The Kier molecular flexibility index (Phi) is 4.13. The molecule has 0 saturated heterocycles. The fourth-order valence-corrected chi connectivity index (χ4v) is 2.05. The summed E-state index contributed by atoms with van der Waals surface area (Å²) in [6.07, 6.45) is 3.80. The van der Waals surface area contributed by atoms with E-state index < -0.39 is 0 Å². The first-order chi connectivity index (χ1) is 9.56. The number of aromatic nitrogens is 1. The van der Waals surface area contributed by atoms with Gasteiger partial charge in [-0.2, -0.15) is 0 Å². The van der Waals surface area contributed by atoms with E-state index in [9.17, 15) is 4.79 Å². The first-order valence-corrected chi connectivity index (χ1v) is 6.51. The van der Waals surface area contributed by atoms with E-state index in [2.05, 4.69) is 13.8 Å². The normalized spacial score (nSPS) is 10.7. The van der Waals surface area contributed by atoms with Crippen LogP contribution in [0.2, 0.25) is 0 Å². The Bertz CT molecular complexity index is 597. The number of esters is 1. The van der Waals surface area contributed by atoms with E-state index in [0.717, 1.165) is 16.9 Å². The minimum Gasteiger partial charge on any atom is -0.497 e. The number of carbonyl (C=O) groups excluding carboxylic acids is 1. The number of hydrogen-bond donors (Lipinski definition) is 0. The van der Waals surface area contributed by atoms with Gasteiger partial charge in [0.1, 0.15) is 5.75 Å². The number of methoxy groups -OCH3 is 2. The first-order valence-electron chi connectivity index (χ1n) is 6.51. The summed E-state index contributed by atoms with van der Waals surface area (Å²) < 4.78 is 12.0. The highest BCUT2D eigenvalue weighted by molar-refractivity contribution is 5.97. The number of rotatable bonds is 4. The highest BCUT2D eigenvalue weighted by Gasteiger charge is 2.17. The van der Waals surface area contributed by atoms with Crippen LogP contribution in [-0.2, 0) is 4.74 Å². The van der Waals surface area contributed by atoms with E-state index in [1.54, 1.807) is 7.11 Å². The number of benzene rings is 1. The molecule has 1 heterocycles. The van der Waals surface area contributed by atoms with Gasteiger partial charge >= 0.3 is 5.97 Å². The third-order valence-electron chi connectivity index (χ3n) is 3.25. The van der Waals surface area contributed by atoms with Gasteiger partial charge in [0.25, 0.3) is 0 Å². The molecule has 0 bridgehead atoms. The van der Waals surface area contributed by atoms with Crippen molar-refractivity contribution in [2.24, 2.45) is 0 Å². The minimum atomic E-state index is -0.324. The Morgan fingerprint density at radius 2 is 1.75 bits per heavy atom. The quantitative estimate of drug-likeness (QED) is 0.800. The summed E-state index contributed by atoms with van der Waals surface area (Å²) in [4.78, 5) is 11.9. The van der Waals surface area contributed by atoms with E-state index in [4.69, 9.17) is 9.47 Å². The van der Waals surface area contributed by atoms with Gasteiger partial charge in [-0.3, -0.25) is 0 Å². The van der Waals surface area contributed by atoms with Gasteiger partial charge in [0.15, 0.2) is 0 Å². The fraction of sp³-hybridized carbons (Fsp3) is 0.312. The number of ether oxygens (including phenoxy) is 2. The molecule has 4 nitrogen and oxygen atoms in total. The summed E-state index contributed by atoms with van der Waals surface area (Å²) >= 11 is 0. The van der Waals surface area contributed by atoms with Crippen LogP contribution in [0, 0.1) is 0 Å². The minimum absolute atomic E-state index is 0.283. The summed E-state index contributed by atoms with van der Waals surface area (Å²) in [5.41, 5.74) is 2.41. The maximum absolute atomic E-state index is 11.9. The largest absolute Gasteiger partial charge is 0.497 e. The molecule has 0 unspecified atom stereocenters. The van der Waals surface area contributed by atoms with Crippen LogP contribution in [0.15, 0.2) is 36.7 Å². The van der Waals surface area contributed by atoms with Crippen molar-refractivity contribution in [3.63, 3.8) is 0 Å². The van der Waals surface area contributed by atoms with Crippen molar-refractivity contribution in [1.29, 1.82) is 0 Å². The van der Waals surface area contributed by atoms with Gasteiger partial charge in [0.05, 0.1) is 19.8 Å². The van der Waals surface area contributed by atoms with Crippen LogP contribution in [0.5, 0.6) is 5.75 Å². The molecule has 1 aromatic carbocycles. The third kappa shape index (κ3) is 2.69. The summed E-state index contributed by atoms with van der Waals surface area (Å²) in [5, 5.41) is 0. The van der Waals surface area contributed by atoms with Crippen LogP contribution in [-0.4, -0.2) is 24.8 Å². The molecule has 0 N–H and O–H groups in total. The second-order valence-corrected chi connectivity index (χ2v) is 4.85. The molecule has 0 aliphatic rings. The Morgan fingerprint density at radius 1 is 1.10 bits per heavy atom. The third-order valence-corrected chi connectivity index (χ3v) is 3.25. The topological polar surface area (TPSA) is 40.5 Å². The molecular formula is C16H19NO3. The number of nitrogens with zero attached hydrogens (tertiary/aromatic N) is 1. The van der Waals surface area contributed by atoms with Crippen molar-refractivity contribution in [1.82, 2.24) is 4.57 Å². The van der Waals surface area contributed by atoms with Gasteiger partial charge in [0, 0.05) is 24.0 Å². The van der Waals surface area contributed by atoms with Crippen molar-refractivity contribution in [3.05, 3.63) is 42.2 Å². The zero-order valence-corrected chi connectivity index (χ0v) is 12.2. The van der Waals surface area contributed by atoms with Gasteiger partial charge in [-0.1, -0.05) is 12.1 Å². The molecule has 0 fully saturated rings. The smallest absolute Gasteiger partial charge is 0.340 e. The van der Waals surface area contributed by atoms with E-state index in [0.29, 0.717) is 5.56 Å². The molecule has 0 spiro atoms. The average Bonchev–Trinajstić information content (AvgIpc) is 2.92. The van der Waals surface area contributed by atoms with Gasteiger partial charge in [0.2, 0.25) is 0 Å². The van der Waals surface area contributed by atoms with Gasteiger partial charge < -0.3 is 14.0 Å². The van der Waals surface area contributed by atoms with Crippen molar-refractivity contribution < 1.29 is 14.3 Å². The molecule has 0 aliphatic heterocycles. The zero-order valence-electron chi connectivity index (χ0n) is 12.2. The second-order valence-electron chi connectivity index (χ2n) is 4.85. The molecule has 2 aromatic rings. The molecule has 0 radical (unpaired) electrons. The average molecular weight is 273 g/mol. The molecule has 20 heavy (non-hydrogen) atoms. The van der Waals surface area contributed by atoms with Gasteiger partial charge in [-0.05, 0) is 31.5 Å². The molecule has 0 atom stereocenters. The van der Waals surface area contributed by atoms with E-state index in [-0.39, 0.29) is 12.0 Å². The second kappa shape index (κ2) is 5.82. The maximum atomic E-state index is 11.9. The lowest BCUT2D eigenvalue weighted by Crippen LogP contribution is -2.02. The van der Waals surface area contributed by atoms with E-state index in [1.165, 1.54) is 7.11 Å². The monoisotopic (exact) mass is 273 g/mol. The van der Waals surface area contributed by atoms with Crippen molar-refractivity contribution in [2.45, 2.75) is 19.9 Å². The van der Waals surface area contributed by atoms with Crippen molar-refractivity contribution in [2.75, 3.05) is 14.2 Å². The highest BCUT2D eigenvalue weighted by atomic mass is 16.5. The number of hydrogen-bond acceptors (Lipinski definition) is 3. The van der Waals surface area contributed by atoms with Crippen LogP contribution in [0.1, 0.15) is 30.2 Å². The Morgan fingerprint density at radius 3 is 2.25 bits per heavy atom. The molecule has 0 amide bonds. The molecule has 0 saturated carbocycles. The Balaban J connectivity index is 2.49. The standard InChI is InChI=1S/C16H19NO3/c1-11(2)17-9-14(15(10-17)16(18)20-4)12-5-7-13(19-3)8-6-12/h5-11H,1-4H3. The zero-order chi connectivity index (χ0) is 14.7. The van der Waals surface area contributed by atoms with Crippen molar-refractivity contribution in [3.8, 4) is 16.9 Å². The van der Waals surface area contributed by atoms with Gasteiger partial charge in [-0.25, -0.2) is 4.79 Å². The summed E-state index contributed by atoms with van der Waals surface area (Å²) in [6.45, 7) is 4.14. The SMILES string of the molecule is COC(=O)c1cn(C(C)C)cc1-c1ccc(OC)cc1. The lowest BCUT2D eigenvalue weighted by molar-refractivity contribution is 0.0601. The first kappa shape index (κ1) is 14.2. The number of carbonyl (C=O) groups is 1. The van der Waals surface area contributed by atoms with Crippen LogP contribution in [0.25, 0.3) is 11.1 Å². The van der Waals surface area contributed by atoms with Gasteiger partial charge in [-0.15, -0.1) is 0 Å². The molecule has 1 aromatic heterocycles. The molecule has 0 aliphatic carbocycles. The lowest BCUT2D eigenvalue weighted by atomic mass is 10.0. The predicted molar refractivity (Wildman–Crippen MR) is 78.1 cm³/mol. The van der Waals surface area contributed by atoms with Crippen LogP contribution in [0.3, 0.4) is 0 Å². The molecular weight excluding hydrogens is 254 g/mol.